The topological polar surface area (TPSA) is 552 Å². The fourth-order valence-electron chi connectivity index (χ4n) is 14.9. The van der Waals surface area contributed by atoms with E-state index in [0.717, 1.165) is 75.4 Å². The zero-order valence-corrected chi connectivity index (χ0v) is 79.8. The first kappa shape index (κ1) is 108. The number of aromatic nitrogens is 14. The van der Waals surface area contributed by atoms with Crippen molar-refractivity contribution >= 4 is 97.9 Å². The fourth-order valence-corrected chi connectivity index (χ4v) is 14.9. The standard InChI is InChI=1S/C30H29F3N4O7.C20H22N4O7.C15H14N4O5.C11H17NO6.C10H9F3O.C8H9N3O/c1-6-43-25(39)19-15-35(16-10-12-22-23(14-16)37(26(40)34(22)5)28(42)44-29(2,3)4)27(41)36(24(19)38)21-13-11-17-18(21)8-7-9-20(17)30(31,32)33;1-6-30-16(26)12-10-23(17(27)21-15(12)25)11-7-8-13-14(9-11)24(18(28)22(13)5)19(29)31-20(2,3)4;1-3-24-13(21)9-7-19(15(23)17-12(9)20)8-4-5-11-10(6-8)16-14(22)18(11)2;1-4-16-7-8(10(14)17-5-2)9(13)12-11(15)18-6-3;11-10(12,13)8-3-1-2-7-6(8)4-5-9(7)14;1-11-7-3-2-5(9)4-6(7)10-8(11)12/h7-10,12,14-15,21H,6,11,13H2,1-5H3;7-10H,6H2,1-5H3,(H,21,25,27);4-7H,3H2,1-2H3,(H,16,22)(H,17,20,23);7H,4-6H2,1-3H3,(H,12,13,15);1-3,9,14H,4-5H2;2-4H,9H2,1H3,(H,10,12)/b;;;8-7+;;/t21-;;;;9-;/m1...0./s1. The summed E-state index contributed by atoms with van der Waals surface area (Å²) in [6.45, 7) is 20.1. The van der Waals surface area contributed by atoms with Gasteiger partial charge in [0.25, 0.3) is 22.6 Å². The van der Waals surface area contributed by atoms with Crippen molar-refractivity contribution in [3.8, 4) is 17.1 Å². The summed E-state index contributed by atoms with van der Waals surface area (Å²) >= 11 is 0. The Morgan fingerprint density at radius 3 is 1.30 bits per heavy atom. The molecule has 2 atom stereocenters. The lowest BCUT2D eigenvalue weighted by molar-refractivity contribution is -0.141. The van der Waals surface area contributed by atoms with E-state index in [1.807, 2.05) is 11.4 Å². The molecule has 6 aromatic carbocycles. The summed E-state index contributed by atoms with van der Waals surface area (Å²) in [5.41, 5.74) is -0.195. The van der Waals surface area contributed by atoms with Gasteiger partial charge in [-0.15, -0.1) is 0 Å². The molecule has 0 spiro atoms. The minimum atomic E-state index is -4.65. The monoisotopic (exact) mass is 2000 g/mol. The third-order valence-electron chi connectivity index (χ3n) is 21.4. The fraction of sp³-hybridized carbons (Fsp3) is 0.340. The van der Waals surface area contributed by atoms with Gasteiger partial charge in [-0.25, -0.2) is 67.1 Å². The smallest absolute Gasteiger partial charge is 0.423 e. The van der Waals surface area contributed by atoms with E-state index in [1.54, 1.807) is 131 Å². The summed E-state index contributed by atoms with van der Waals surface area (Å²) in [6.07, 6.45) is -7.69. The van der Waals surface area contributed by atoms with Crippen LogP contribution in [0.4, 0.5) is 46.4 Å². The number of H-pyrrole nitrogens is 4. The highest BCUT2D eigenvalue weighted by molar-refractivity contribution is 6.19. The molecule has 7 aromatic heterocycles. The molecule has 0 unspecified atom stereocenters. The number of alkyl halides is 6. The number of anilines is 1. The van der Waals surface area contributed by atoms with Crippen molar-refractivity contribution in [2.75, 3.05) is 45.4 Å². The molecule has 49 heteroatoms. The predicted molar refractivity (Wildman–Crippen MR) is 503 cm³/mol. The molecule has 0 fully saturated rings. The first-order chi connectivity index (χ1) is 67.1. The number of rotatable bonds is 16. The normalized spacial score (nSPS) is 13.2. The number of nitrogen functional groups attached to an aromatic ring is 1. The van der Waals surface area contributed by atoms with Crippen LogP contribution in [0.2, 0.25) is 0 Å². The molecule has 2 aliphatic rings. The number of esters is 4. The molecule has 2 aliphatic carbocycles. The molecule has 0 saturated carbocycles. The van der Waals surface area contributed by atoms with Gasteiger partial charge in [-0.1, -0.05) is 24.3 Å². The minimum Gasteiger partial charge on any atom is -0.500 e. The van der Waals surface area contributed by atoms with E-state index in [2.05, 4.69) is 29.4 Å². The third kappa shape index (κ3) is 24.5. The van der Waals surface area contributed by atoms with E-state index in [9.17, 15) is 118 Å². The highest BCUT2D eigenvalue weighted by Crippen LogP contribution is 2.43. The van der Waals surface area contributed by atoms with Gasteiger partial charge >= 0.3 is 94.3 Å². The van der Waals surface area contributed by atoms with Crippen LogP contribution in [-0.4, -0.2) is 170 Å². The molecule has 8 N–H and O–H groups in total. The van der Waals surface area contributed by atoms with Crippen molar-refractivity contribution in [3.63, 3.8) is 0 Å². The number of halogens is 6. The summed E-state index contributed by atoms with van der Waals surface area (Å²) < 4.78 is 129. The number of carbonyl (C=O) groups excluding carboxylic acids is 8. The van der Waals surface area contributed by atoms with Crippen molar-refractivity contribution < 1.29 is 108 Å². The van der Waals surface area contributed by atoms with Gasteiger partial charge < -0.3 is 58.7 Å². The van der Waals surface area contributed by atoms with Gasteiger partial charge in [0.2, 0.25) is 0 Å². The Bertz CT molecular complexity index is 7840. The van der Waals surface area contributed by atoms with Crippen LogP contribution in [0.5, 0.6) is 0 Å². The summed E-state index contributed by atoms with van der Waals surface area (Å²) in [4.78, 5) is 230. The number of carbonyl (C=O) groups is 8. The highest BCUT2D eigenvalue weighted by atomic mass is 19.4. The Hall–Kier alpha value is -16.9. The van der Waals surface area contributed by atoms with Gasteiger partial charge in [0, 0.05) is 52.5 Å². The number of alkyl carbamates (subject to hydrolysis) is 1. The summed E-state index contributed by atoms with van der Waals surface area (Å²) in [5, 5.41) is 11.3. The molecule has 15 rings (SSSR count). The third-order valence-corrected chi connectivity index (χ3v) is 21.4. The first-order valence-corrected chi connectivity index (χ1v) is 43.8. The maximum absolute atomic E-state index is 14.0. The maximum atomic E-state index is 14.0. The molecule has 0 radical (unpaired) electrons. The Labute approximate surface area is 802 Å². The number of nitrogens with one attached hydrogen (secondary N) is 5. The molecule has 0 aliphatic heterocycles. The molecule has 7 heterocycles. The summed E-state index contributed by atoms with van der Waals surface area (Å²) in [6, 6.07) is 25.3. The van der Waals surface area contributed by atoms with Crippen molar-refractivity contribution in [1.82, 2.24) is 70.9 Å². The molecule has 0 bridgehead atoms. The van der Waals surface area contributed by atoms with Gasteiger partial charge in [-0.3, -0.25) is 71.0 Å². The predicted octanol–water partition coefficient (Wildman–Crippen LogP) is 9.06. The zero-order valence-electron chi connectivity index (χ0n) is 79.8. The van der Waals surface area contributed by atoms with Crippen LogP contribution in [0.25, 0.3) is 61.2 Å². The van der Waals surface area contributed by atoms with E-state index in [1.165, 1.54) is 89.3 Å². The molecular weight excluding hydrogens is 1900 g/mol. The van der Waals surface area contributed by atoms with Gasteiger partial charge in [0.15, 0.2) is 5.57 Å². The van der Waals surface area contributed by atoms with Crippen molar-refractivity contribution in [2.45, 2.75) is 144 Å². The molecular formula is C94H100F6N16O27. The van der Waals surface area contributed by atoms with Crippen LogP contribution in [0.3, 0.4) is 0 Å². The number of benzene rings is 6. The lowest BCUT2D eigenvalue weighted by Crippen LogP contribution is -2.44. The lowest BCUT2D eigenvalue weighted by atomic mass is 10.0. The molecule has 2 amide bonds. The number of fused-ring (bicyclic) bond motifs is 6. The number of aliphatic hydroxyl groups excluding tert-OH is 1. The lowest BCUT2D eigenvalue weighted by Gasteiger charge is -2.20. The van der Waals surface area contributed by atoms with Gasteiger partial charge in [-0.2, -0.15) is 35.5 Å². The summed E-state index contributed by atoms with van der Waals surface area (Å²) in [7, 11) is 6.28. The number of imidazole rings is 4. The minimum absolute atomic E-state index is 0.000240. The molecule has 13 aromatic rings. The average molecular weight is 2000 g/mol. The van der Waals surface area contributed by atoms with Crippen molar-refractivity contribution in [1.29, 1.82) is 0 Å². The first-order valence-electron chi connectivity index (χ1n) is 43.8. The second kappa shape index (κ2) is 44.5. The van der Waals surface area contributed by atoms with Gasteiger partial charge in [-0.05, 0) is 216 Å². The number of ether oxygens (including phenoxy) is 8. The number of hydrogen-bond acceptors (Lipinski definition) is 28. The van der Waals surface area contributed by atoms with E-state index < -0.39 is 151 Å². The van der Waals surface area contributed by atoms with E-state index >= 15 is 0 Å². The number of aliphatic hydroxyl groups is 1. The number of imide groups is 1. The molecule has 760 valence electrons. The van der Waals surface area contributed by atoms with Crippen molar-refractivity contribution in [2.24, 2.45) is 28.2 Å². The van der Waals surface area contributed by atoms with Crippen molar-refractivity contribution in [3.05, 3.63) is 294 Å². The Morgan fingerprint density at radius 2 is 0.853 bits per heavy atom. The highest BCUT2D eigenvalue weighted by Gasteiger charge is 2.41. The zero-order chi connectivity index (χ0) is 106. The quantitative estimate of drug-likeness (QED) is 0.00692. The second-order valence-electron chi connectivity index (χ2n) is 33.2. The number of nitrogens with two attached hydrogens (primary N) is 1. The summed E-state index contributed by atoms with van der Waals surface area (Å²) in [5.74, 6) is -4.53. The number of amides is 2. The van der Waals surface area contributed by atoms with E-state index in [0.29, 0.717) is 51.8 Å². The Morgan fingerprint density at radius 1 is 0.448 bits per heavy atom. The van der Waals surface area contributed by atoms with Crippen LogP contribution < -0.4 is 67.6 Å². The van der Waals surface area contributed by atoms with Crippen LogP contribution in [0, 0.1) is 0 Å². The second-order valence-corrected chi connectivity index (χ2v) is 33.2. The van der Waals surface area contributed by atoms with Crippen LogP contribution in [0.15, 0.2) is 188 Å². The number of aromatic amines is 4. The van der Waals surface area contributed by atoms with Crippen LogP contribution in [0.1, 0.15) is 173 Å². The largest absolute Gasteiger partial charge is 0.500 e. The Balaban J connectivity index is 0.000000186. The SMILES string of the molecule is CCO/C=C(\C(=O)NC(=O)OCC)C(=O)OCC.CCOC(=O)c1cn(-c2ccc3c(c2)[nH]c(=O)n3C)c(=O)[nH]c1=O.CCOC(=O)c1cn(-c2ccc3c(c2)n(C(=O)OC(C)(C)C)c(=O)n3C)c(=O)[nH]c1=O.CCOC(=O)c1cn(-c2ccc3c(c2)n(C(=O)OC(C)(C)C)c(=O)n3C)c(=O)n([C@@H]2CCc3c2cccc3C(F)(F)F)c1=O.Cn1c(=O)[nH]c2cc(N)ccc21.O[C@H]1CCc2c1cccc2C(F)(F)F. The van der Waals surface area contributed by atoms with E-state index in [4.69, 9.17) is 34.2 Å². The Kier molecular flexibility index (Phi) is 33.6. The number of aryl methyl sites for hydroxylation is 4. The number of hydrogen-bond donors (Lipinski definition) is 7. The van der Waals surface area contributed by atoms with Gasteiger partial charge in [0.05, 0.1) is 124 Å². The van der Waals surface area contributed by atoms with Gasteiger partial charge in [0.1, 0.15) is 34.2 Å². The molecule has 43 nitrogen and oxygen atoms in total. The average Bonchev–Trinajstić information content (AvgIpc) is 1.62. The van der Waals surface area contributed by atoms with E-state index in [-0.39, 0.29) is 114 Å². The molecule has 0 saturated heterocycles. The molecule has 143 heavy (non-hydrogen) atoms. The number of nitrogens with zero attached hydrogens (tertiary/aromatic N) is 10. The van der Waals surface area contributed by atoms with Crippen LogP contribution >= 0.6 is 0 Å². The maximum Gasteiger partial charge on any atom is 0.423 e. The van der Waals surface area contributed by atoms with Crippen LogP contribution in [-0.2, 0) is 101 Å².